The summed E-state index contributed by atoms with van der Waals surface area (Å²) >= 11 is 0. The number of amides is 1. The number of carbonyl (C=O) groups excluding carboxylic acids is 1. The summed E-state index contributed by atoms with van der Waals surface area (Å²) in [6, 6.07) is 0.0452. The molecule has 3 unspecified atom stereocenters. The Morgan fingerprint density at radius 1 is 1.20 bits per heavy atom. The Morgan fingerprint density at radius 2 is 2.00 bits per heavy atom. The lowest BCUT2D eigenvalue weighted by molar-refractivity contribution is -0.130. The highest BCUT2D eigenvalue weighted by molar-refractivity contribution is 5.84. The third kappa shape index (κ3) is 3.95. The van der Waals surface area contributed by atoms with Gasteiger partial charge in [0.1, 0.15) is 0 Å². The molecule has 3 atom stereocenters. The number of nitrogens with one attached hydrogen (secondary N) is 1. The van der Waals surface area contributed by atoms with Crippen LogP contribution in [-0.2, 0) is 9.53 Å². The van der Waals surface area contributed by atoms with Gasteiger partial charge in [-0.25, -0.2) is 0 Å². The van der Waals surface area contributed by atoms with Crippen molar-refractivity contribution < 1.29 is 9.53 Å². The van der Waals surface area contributed by atoms with E-state index in [1.165, 1.54) is 12.8 Å². The van der Waals surface area contributed by atoms with Crippen LogP contribution in [0.2, 0.25) is 0 Å². The summed E-state index contributed by atoms with van der Waals surface area (Å²) in [4.78, 5) is 14.5. The van der Waals surface area contributed by atoms with Gasteiger partial charge in [0, 0.05) is 13.2 Å². The highest BCUT2D eigenvalue weighted by Crippen LogP contribution is 2.21. The summed E-state index contributed by atoms with van der Waals surface area (Å²) in [5, 5.41) is 3.52. The summed E-state index contributed by atoms with van der Waals surface area (Å²) in [7, 11) is 0. The molecule has 116 valence electrons. The first-order valence-corrected chi connectivity index (χ1v) is 8.44. The van der Waals surface area contributed by atoms with Gasteiger partial charge in [0.05, 0.1) is 18.3 Å². The van der Waals surface area contributed by atoms with E-state index in [1.54, 1.807) is 0 Å². The Morgan fingerprint density at radius 3 is 2.65 bits per heavy atom. The fourth-order valence-electron chi connectivity index (χ4n) is 3.34. The van der Waals surface area contributed by atoms with Crippen molar-refractivity contribution in [3.05, 3.63) is 0 Å². The van der Waals surface area contributed by atoms with E-state index >= 15 is 0 Å². The Hall–Kier alpha value is -0.610. The van der Waals surface area contributed by atoms with Crippen molar-refractivity contribution in [2.45, 2.75) is 83.5 Å². The first-order chi connectivity index (χ1) is 9.76. The molecule has 0 spiro atoms. The fourth-order valence-corrected chi connectivity index (χ4v) is 3.34. The van der Waals surface area contributed by atoms with Crippen LogP contribution in [0.25, 0.3) is 0 Å². The Labute approximate surface area is 123 Å². The quantitative estimate of drug-likeness (QED) is 0.780. The molecule has 0 aromatic carbocycles. The Kier molecular flexibility index (Phi) is 6.30. The van der Waals surface area contributed by atoms with Gasteiger partial charge in [-0.3, -0.25) is 10.1 Å². The smallest absolute Gasteiger partial charge is 0.241 e. The number of hydrogen-bond acceptors (Lipinski definition) is 3. The maximum Gasteiger partial charge on any atom is 0.241 e. The molecule has 2 heterocycles. The van der Waals surface area contributed by atoms with E-state index in [0.717, 1.165) is 51.7 Å². The summed E-state index contributed by atoms with van der Waals surface area (Å²) < 4.78 is 5.78. The van der Waals surface area contributed by atoms with Crippen molar-refractivity contribution in [1.82, 2.24) is 10.2 Å². The van der Waals surface area contributed by atoms with Crippen molar-refractivity contribution in [3.8, 4) is 0 Å². The van der Waals surface area contributed by atoms with Gasteiger partial charge in [0.2, 0.25) is 5.91 Å². The number of nitrogens with zero attached hydrogens (tertiary/aromatic N) is 1. The summed E-state index contributed by atoms with van der Waals surface area (Å²) in [5.74, 6) is 0.307. The summed E-state index contributed by atoms with van der Waals surface area (Å²) in [5.41, 5.74) is 0. The van der Waals surface area contributed by atoms with E-state index in [9.17, 15) is 4.79 Å². The van der Waals surface area contributed by atoms with Crippen LogP contribution in [0.4, 0.5) is 0 Å². The van der Waals surface area contributed by atoms with Crippen molar-refractivity contribution in [2.24, 2.45) is 0 Å². The molecule has 4 nitrogen and oxygen atoms in total. The molecule has 2 rings (SSSR count). The lowest BCUT2D eigenvalue weighted by Gasteiger charge is -2.28. The number of rotatable bonds is 7. The van der Waals surface area contributed by atoms with E-state index < -0.39 is 0 Å². The minimum absolute atomic E-state index is 0.0452. The topological polar surface area (TPSA) is 41.6 Å². The first kappa shape index (κ1) is 15.8. The van der Waals surface area contributed by atoms with Gasteiger partial charge in [-0.05, 0) is 38.5 Å². The van der Waals surface area contributed by atoms with Crippen LogP contribution < -0.4 is 5.32 Å². The summed E-state index contributed by atoms with van der Waals surface area (Å²) in [6.07, 6.45) is 9.40. The van der Waals surface area contributed by atoms with Crippen molar-refractivity contribution in [1.29, 1.82) is 0 Å². The zero-order chi connectivity index (χ0) is 14.4. The molecular formula is C16H30N2O2. The van der Waals surface area contributed by atoms with E-state index in [4.69, 9.17) is 4.74 Å². The Bertz CT molecular complexity index is 303. The van der Waals surface area contributed by atoms with Gasteiger partial charge >= 0.3 is 0 Å². The number of hydrogen-bond donors (Lipinski definition) is 1. The third-order valence-electron chi connectivity index (χ3n) is 4.46. The predicted octanol–water partition coefficient (Wildman–Crippen LogP) is 2.67. The van der Waals surface area contributed by atoms with Gasteiger partial charge in [-0.1, -0.05) is 26.7 Å². The molecule has 20 heavy (non-hydrogen) atoms. The van der Waals surface area contributed by atoms with Gasteiger partial charge in [-0.2, -0.15) is 0 Å². The normalized spacial score (nSPS) is 31.0. The second kappa shape index (κ2) is 7.99. The van der Waals surface area contributed by atoms with Gasteiger partial charge in [0.25, 0.3) is 0 Å². The molecule has 1 N–H and O–H groups in total. The largest absolute Gasteiger partial charge is 0.378 e. The fraction of sp³-hybridized carbons (Fsp3) is 0.938. The molecule has 2 saturated heterocycles. The molecule has 0 aromatic rings. The molecule has 0 saturated carbocycles. The van der Waals surface area contributed by atoms with Gasteiger partial charge < -0.3 is 9.64 Å². The predicted molar refractivity (Wildman–Crippen MR) is 80.4 cm³/mol. The molecule has 4 heteroatoms. The molecule has 2 aliphatic rings. The standard InChI is InChI=1S/C16H30N2O2/c1-3-7-14-16(19)18(15(17-14)8-4-2)11-10-13-9-5-6-12-20-13/h13-15,17H,3-12H2,1-2H3. The Balaban J connectivity index is 1.86. The van der Waals surface area contributed by atoms with Gasteiger partial charge in [-0.15, -0.1) is 0 Å². The second-order valence-corrected chi connectivity index (χ2v) is 6.12. The van der Waals surface area contributed by atoms with Gasteiger partial charge in [0.15, 0.2) is 0 Å². The average Bonchev–Trinajstić information content (AvgIpc) is 2.75. The first-order valence-electron chi connectivity index (χ1n) is 8.44. The number of carbonyl (C=O) groups is 1. The zero-order valence-corrected chi connectivity index (χ0v) is 13.1. The van der Waals surface area contributed by atoms with Crippen molar-refractivity contribution in [3.63, 3.8) is 0 Å². The van der Waals surface area contributed by atoms with Crippen LogP contribution in [0.3, 0.4) is 0 Å². The summed E-state index contributed by atoms with van der Waals surface area (Å²) in [6.45, 7) is 6.07. The molecule has 1 amide bonds. The van der Waals surface area contributed by atoms with Crippen LogP contribution >= 0.6 is 0 Å². The molecule has 2 aliphatic heterocycles. The second-order valence-electron chi connectivity index (χ2n) is 6.12. The van der Waals surface area contributed by atoms with Crippen LogP contribution in [0.1, 0.15) is 65.2 Å². The lowest BCUT2D eigenvalue weighted by Crippen LogP contribution is -2.39. The molecule has 0 radical (unpaired) electrons. The van der Waals surface area contributed by atoms with E-state index in [1.807, 2.05) is 0 Å². The molecule has 0 bridgehead atoms. The van der Waals surface area contributed by atoms with E-state index in [2.05, 4.69) is 24.1 Å². The highest BCUT2D eigenvalue weighted by atomic mass is 16.5. The van der Waals surface area contributed by atoms with Crippen molar-refractivity contribution >= 4 is 5.91 Å². The van der Waals surface area contributed by atoms with E-state index in [0.29, 0.717) is 12.0 Å². The monoisotopic (exact) mass is 282 g/mol. The third-order valence-corrected chi connectivity index (χ3v) is 4.46. The average molecular weight is 282 g/mol. The minimum Gasteiger partial charge on any atom is -0.378 e. The maximum absolute atomic E-state index is 12.5. The van der Waals surface area contributed by atoms with Crippen LogP contribution in [0.5, 0.6) is 0 Å². The maximum atomic E-state index is 12.5. The minimum atomic E-state index is 0.0452. The number of ether oxygens (including phenoxy) is 1. The van der Waals surface area contributed by atoms with Crippen LogP contribution in [0, 0.1) is 0 Å². The molecule has 0 aromatic heterocycles. The van der Waals surface area contributed by atoms with Crippen LogP contribution in [0.15, 0.2) is 0 Å². The SMILES string of the molecule is CCCC1NC(CCC)N(CCC2CCCCO2)C1=O. The van der Waals surface area contributed by atoms with Crippen molar-refractivity contribution in [2.75, 3.05) is 13.2 Å². The molecular weight excluding hydrogens is 252 g/mol. The molecule has 2 fully saturated rings. The lowest BCUT2D eigenvalue weighted by atomic mass is 10.1. The molecule has 0 aliphatic carbocycles. The van der Waals surface area contributed by atoms with E-state index in [-0.39, 0.29) is 12.2 Å². The van der Waals surface area contributed by atoms with Crippen LogP contribution in [-0.4, -0.2) is 42.3 Å². The zero-order valence-electron chi connectivity index (χ0n) is 13.1. The highest BCUT2D eigenvalue weighted by Gasteiger charge is 2.37.